The highest BCUT2D eigenvalue weighted by Gasteiger charge is 2.24. The van der Waals surface area contributed by atoms with Crippen LogP contribution in [-0.2, 0) is 0 Å². The maximum atomic E-state index is 11.4. The maximum absolute atomic E-state index is 11.4. The van der Waals surface area contributed by atoms with Crippen molar-refractivity contribution in [2.24, 2.45) is 0 Å². The summed E-state index contributed by atoms with van der Waals surface area (Å²) in [4.78, 5) is 19.8. The zero-order chi connectivity index (χ0) is 17.6. The molecule has 1 aliphatic carbocycles. The number of carboxylic acid groups (broad SMARTS) is 1. The van der Waals surface area contributed by atoms with Crippen molar-refractivity contribution in [3.05, 3.63) is 35.7 Å². The predicted molar refractivity (Wildman–Crippen MR) is 89.4 cm³/mol. The molecule has 1 fully saturated rings. The Balaban J connectivity index is 1.84. The molecule has 124 valence electrons. The molecule has 1 saturated carbocycles. The van der Waals surface area contributed by atoms with Crippen LogP contribution in [0.15, 0.2) is 24.5 Å². The zero-order valence-corrected chi connectivity index (χ0v) is 13.0. The Morgan fingerprint density at radius 1 is 1.40 bits per heavy atom. The van der Waals surface area contributed by atoms with E-state index in [9.17, 15) is 9.90 Å². The summed E-state index contributed by atoms with van der Waals surface area (Å²) in [6, 6.07) is 5.50. The third-order valence-electron chi connectivity index (χ3n) is 3.97. The smallest absolute Gasteiger partial charge is 0.339 e. The molecule has 0 spiro atoms. The average Bonchev–Trinajstić information content (AvgIpc) is 3.31. The summed E-state index contributed by atoms with van der Waals surface area (Å²) in [6.07, 6.45) is 4.87. The average molecular weight is 335 g/mol. The van der Waals surface area contributed by atoms with Crippen molar-refractivity contribution in [2.75, 3.05) is 11.1 Å². The number of fused-ring (bicyclic) bond motifs is 1. The van der Waals surface area contributed by atoms with E-state index in [-0.39, 0.29) is 23.0 Å². The molecule has 9 heteroatoms. The highest BCUT2D eigenvalue weighted by molar-refractivity contribution is 5.94. The van der Waals surface area contributed by atoms with Crippen LogP contribution in [-0.4, -0.2) is 36.9 Å². The monoisotopic (exact) mass is 335 g/mol. The summed E-state index contributed by atoms with van der Waals surface area (Å²) in [5, 5.41) is 26.4. The lowest BCUT2D eigenvalue weighted by Crippen LogP contribution is -2.11. The number of rotatable bonds is 4. The van der Waals surface area contributed by atoms with Gasteiger partial charge in [-0.2, -0.15) is 15.0 Å². The molecule has 0 amide bonds. The number of hydrogen-bond donors (Lipinski definition) is 3. The predicted octanol–water partition coefficient (Wildman–Crippen LogP) is 1.54. The van der Waals surface area contributed by atoms with Crippen molar-refractivity contribution < 1.29 is 9.90 Å². The van der Waals surface area contributed by atoms with Crippen molar-refractivity contribution in [1.29, 1.82) is 5.26 Å². The fraction of sp³-hybridized carbons (Fsp3) is 0.188. The van der Waals surface area contributed by atoms with Gasteiger partial charge in [-0.15, -0.1) is 0 Å². The molecule has 9 nitrogen and oxygen atoms in total. The van der Waals surface area contributed by atoms with E-state index in [1.54, 1.807) is 18.3 Å². The second-order valence-corrected chi connectivity index (χ2v) is 5.81. The molecule has 0 radical (unpaired) electrons. The van der Waals surface area contributed by atoms with Gasteiger partial charge in [-0.1, -0.05) is 0 Å². The van der Waals surface area contributed by atoms with Crippen LogP contribution >= 0.6 is 0 Å². The Hall–Kier alpha value is -3.67. The largest absolute Gasteiger partial charge is 0.478 e. The first-order valence-corrected chi connectivity index (χ1v) is 7.61. The topological polar surface area (TPSA) is 143 Å². The van der Waals surface area contributed by atoms with Gasteiger partial charge in [0.1, 0.15) is 17.5 Å². The van der Waals surface area contributed by atoms with Gasteiger partial charge in [0.15, 0.2) is 11.5 Å². The number of nitrogens with zero attached hydrogens (tertiary/aromatic N) is 5. The van der Waals surface area contributed by atoms with E-state index in [2.05, 4.69) is 20.4 Å². The molecule has 4 N–H and O–H groups in total. The van der Waals surface area contributed by atoms with Gasteiger partial charge in [0.05, 0.1) is 17.4 Å². The summed E-state index contributed by atoms with van der Waals surface area (Å²) < 4.78 is 1.47. The van der Waals surface area contributed by atoms with Crippen LogP contribution in [0.4, 0.5) is 11.5 Å². The fourth-order valence-electron chi connectivity index (χ4n) is 2.53. The fourth-order valence-corrected chi connectivity index (χ4v) is 2.53. The molecule has 3 aromatic heterocycles. The molecule has 0 aromatic carbocycles. The maximum Gasteiger partial charge on any atom is 0.339 e. The molecule has 4 rings (SSSR count). The number of carbonyl (C=O) groups is 1. The van der Waals surface area contributed by atoms with E-state index in [0.717, 1.165) is 12.8 Å². The first-order chi connectivity index (χ1) is 12.1. The molecule has 25 heavy (non-hydrogen) atoms. The molecular formula is C16H13N7O2. The second kappa shape index (κ2) is 5.45. The minimum Gasteiger partial charge on any atom is -0.478 e. The Morgan fingerprint density at radius 2 is 2.20 bits per heavy atom. The quantitative estimate of drug-likeness (QED) is 0.651. The number of aromatic carboxylic acids is 1. The molecular weight excluding hydrogens is 322 g/mol. The first kappa shape index (κ1) is 14.9. The van der Waals surface area contributed by atoms with E-state index >= 15 is 0 Å². The number of aromatic nitrogens is 4. The second-order valence-electron chi connectivity index (χ2n) is 5.81. The Bertz CT molecular complexity index is 1050. The SMILES string of the molecule is N#Cc1cc2cnn(-c3cc(NC4CC4)c(C(=O)O)cn3)c2nc1N. The van der Waals surface area contributed by atoms with Crippen LogP contribution < -0.4 is 11.1 Å². The van der Waals surface area contributed by atoms with Crippen LogP contribution in [0.25, 0.3) is 16.9 Å². The molecule has 0 atom stereocenters. The Morgan fingerprint density at radius 3 is 2.88 bits per heavy atom. The van der Waals surface area contributed by atoms with E-state index < -0.39 is 5.97 Å². The van der Waals surface area contributed by atoms with Gasteiger partial charge < -0.3 is 16.2 Å². The number of anilines is 2. The third-order valence-corrected chi connectivity index (χ3v) is 3.97. The van der Waals surface area contributed by atoms with Crippen LogP contribution in [0.3, 0.4) is 0 Å². The summed E-state index contributed by atoms with van der Waals surface area (Å²) >= 11 is 0. The highest BCUT2D eigenvalue weighted by Crippen LogP contribution is 2.28. The summed E-state index contributed by atoms with van der Waals surface area (Å²) in [6.45, 7) is 0. The minimum atomic E-state index is -1.05. The van der Waals surface area contributed by atoms with Crippen LogP contribution in [0.1, 0.15) is 28.8 Å². The highest BCUT2D eigenvalue weighted by atomic mass is 16.4. The van der Waals surface area contributed by atoms with E-state index in [1.165, 1.54) is 10.9 Å². The normalized spacial score (nSPS) is 13.6. The van der Waals surface area contributed by atoms with Crippen molar-refractivity contribution in [1.82, 2.24) is 19.7 Å². The van der Waals surface area contributed by atoms with Crippen molar-refractivity contribution in [2.45, 2.75) is 18.9 Å². The number of nitrogen functional groups attached to an aromatic ring is 1. The third kappa shape index (κ3) is 2.59. The van der Waals surface area contributed by atoms with Crippen molar-refractivity contribution in [3.63, 3.8) is 0 Å². The number of nitrogens with one attached hydrogen (secondary N) is 1. The standard InChI is InChI=1S/C16H13N7O2/c17-5-8-3-9-6-20-23(15(9)22-14(8)18)13-4-12(21-10-1-2-10)11(7-19-13)16(24)25/h3-4,6-7,10H,1-2H2,(H2,18,22)(H,19,21)(H,24,25). The van der Waals surface area contributed by atoms with Gasteiger partial charge in [0.25, 0.3) is 0 Å². The lowest BCUT2D eigenvalue weighted by molar-refractivity contribution is 0.0697. The zero-order valence-electron chi connectivity index (χ0n) is 13.0. The Labute approximate surface area is 141 Å². The molecule has 0 bridgehead atoms. The molecule has 0 unspecified atom stereocenters. The van der Waals surface area contributed by atoms with Gasteiger partial charge >= 0.3 is 5.97 Å². The lowest BCUT2D eigenvalue weighted by atomic mass is 10.2. The van der Waals surface area contributed by atoms with Crippen LogP contribution in [0, 0.1) is 11.3 Å². The molecule has 0 aliphatic heterocycles. The number of nitrogens with two attached hydrogens (primary N) is 1. The van der Waals surface area contributed by atoms with Gasteiger partial charge in [0, 0.05) is 23.7 Å². The van der Waals surface area contributed by atoms with E-state index in [0.29, 0.717) is 22.5 Å². The molecule has 3 heterocycles. The number of nitriles is 1. The molecule has 0 saturated heterocycles. The van der Waals surface area contributed by atoms with Crippen molar-refractivity contribution >= 4 is 28.5 Å². The number of pyridine rings is 2. The Kier molecular flexibility index (Phi) is 3.25. The van der Waals surface area contributed by atoms with Gasteiger partial charge in [-0.3, -0.25) is 0 Å². The van der Waals surface area contributed by atoms with Crippen LogP contribution in [0.2, 0.25) is 0 Å². The number of hydrogen-bond acceptors (Lipinski definition) is 7. The minimum absolute atomic E-state index is 0.103. The van der Waals surface area contributed by atoms with Crippen LogP contribution in [0.5, 0.6) is 0 Å². The van der Waals surface area contributed by atoms with Crippen molar-refractivity contribution in [3.8, 4) is 11.9 Å². The van der Waals surface area contributed by atoms with E-state index in [4.69, 9.17) is 11.0 Å². The summed E-state index contributed by atoms with van der Waals surface area (Å²) in [5.74, 6) is -0.524. The van der Waals surface area contributed by atoms with Gasteiger partial charge in [-0.05, 0) is 18.9 Å². The lowest BCUT2D eigenvalue weighted by Gasteiger charge is -2.10. The van der Waals surface area contributed by atoms with Gasteiger partial charge in [0.2, 0.25) is 0 Å². The first-order valence-electron chi connectivity index (χ1n) is 7.61. The van der Waals surface area contributed by atoms with E-state index in [1.807, 2.05) is 6.07 Å². The number of carboxylic acids is 1. The molecule has 3 aromatic rings. The summed E-state index contributed by atoms with van der Waals surface area (Å²) in [7, 11) is 0. The molecule has 1 aliphatic rings. The summed E-state index contributed by atoms with van der Waals surface area (Å²) in [5.41, 5.74) is 7.10. The van der Waals surface area contributed by atoms with Gasteiger partial charge in [-0.25, -0.2) is 14.8 Å².